The number of alkyl halides is 3. The fourth-order valence-electron chi connectivity index (χ4n) is 3.70. The lowest BCUT2D eigenvalue weighted by Gasteiger charge is -2.37. The lowest BCUT2D eigenvalue weighted by molar-refractivity contribution is -0.178. The first-order chi connectivity index (χ1) is 14.7. The minimum absolute atomic E-state index is 0.0271. The van der Waals surface area contributed by atoms with Crippen LogP contribution in [0.5, 0.6) is 0 Å². The van der Waals surface area contributed by atoms with Gasteiger partial charge in [-0.15, -0.1) is 0 Å². The highest BCUT2D eigenvalue weighted by Crippen LogP contribution is 2.44. The number of hydrogen-bond donors (Lipinski definition) is 2. The zero-order valence-electron chi connectivity index (χ0n) is 16.4. The molecular formula is C22H19F3N4O2. The third-order valence-electron chi connectivity index (χ3n) is 5.75. The molecule has 160 valence electrons. The first-order valence-electron chi connectivity index (χ1n) is 10.1. The average molecular weight is 428 g/mol. The molecule has 2 amide bonds. The molecule has 6 nitrogen and oxygen atoms in total. The molecule has 2 saturated carbocycles. The number of aromatic nitrogens is 2. The number of rotatable bonds is 3. The van der Waals surface area contributed by atoms with E-state index in [0.717, 1.165) is 31.4 Å². The smallest absolute Gasteiger partial charge is 0.310 e. The molecule has 31 heavy (non-hydrogen) atoms. The van der Waals surface area contributed by atoms with Gasteiger partial charge in [-0.2, -0.15) is 13.2 Å². The SMILES string of the molecule is O=C1Nc2cc(Cn3cnc(C4CC4)cc3=O)ccc2[C@@](C#CC2CC2)(C(F)(F)F)N1. The number of urea groups is 1. The molecule has 1 aromatic heterocycles. The largest absolute Gasteiger partial charge is 0.427 e. The first-order valence-corrected chi connectivity index (χ1v) is 10.1. The molecule has 0 saturated heterocycles. The highest BCUT2D eigenvalue weighted by atomic mass is 19.4. The van der Waals surface area contributed by atoms with Crippen molar-refractivity contribution in [2.24, 2.45) is 5.92 Å². The minimum Gasteiger partial charge on any atom is -0.310 e. The maximum absolute atomic E-state index is 14.1. The summed E-state index contributed by atoms with van der Waals surface area (Å²) < 4.78 is 43.8. The second-order valence-electron chi connectivity index (χ2n) is 8.30. The van der Waals surface area contributed by atoms with Gasteiger partial charge in [0, 0.05) is 29.2 Å². The highest BCUT2D eigenvalue weighted by molar-refractivity contribution is 5.95. The van der Waals surface area contributed by atoms with Gasteiger partial charge in [-0.1, -0.05) is 24.0 Å². The number of hydrogen-bond acceptors (Lipinski definition) is 3. The zero-order chi connectivity index (χ0) is 21.8. The fourth-order valence-corrected chi connectivity index (χ4v) is 3.70. The fraction of sp³-hybridized carbons (Fsp3) is 0.409. The van der Waals surface area contributed by atoms with Gasteiger partial charge in [-0.25, -0.2) is 9.78 Å². The standard InChI is InChI=1S/C22H19F3N4O2/c23-22(24,25)21(8-7-13-1-2-13)16-6-3-14(9-18(16)27-20(31)28-21)11-29-12-26-17(10-19(29)30)15-4-5-15/h3,6,9-10,12-13,15H,1-2,4-5,11H2,(H2,27,28,31)/t21-/m0/s1. The van der Waals surface area contributed by atoms with Crippen LogP contribution < -0.4 is 16.2 Å². The van der Waals surface area contributed by atoms with E-state index in [1.165, 1.54) is 35.2 Å². The van der Waals surface area contributed by atoms with E-state index >= 15 is 0 Å². The molecule has 2 aromatic rings. The van der Waals surface area contributed by atoms with Crippen LogP contribution in [-0.2, 0) is 12.1 Å². The van der Waals surface area contributed by atoms with E-state index in [1.807, 2.05) is 5.32 Å². The van der Waals surface area contributed by atoms with Gasteiger partial charge in [-0.05, 0) is 37.3 Å². The maximum atomic E-state index is 14.1. The van der Waals surface area contributed by atoms with Crippen molar-refractivity contribution in [2.45, 2.75) is 49.9 Å². The van der Waals surface area contributed by atoms with Crippen LogP contribution in [0, 0.1) is 17.8 Å². The molecule has 3 aliphatic rings. The van der Waals surface area contributed by atoms with Crippen LogP contribution in [0.3, 0.4) is 0 Å². The predicted octanol–water partition coefficient (Wildman–Crippen LogP) is 3.48. The molecule has 2 N–H and O–H groups in total. The summed E-state index contributed by atoms with van der Waals surface area (Å²) in [6.07, 6.45) is 0.237. The monoisotopic (exact) mass is 428 g/mol. The topological polar surface area (TPSA) is 76.0 Å². The van der Waals surface area contributed by atoms with Gasteiger partial charge >= 0.3 is 12.2 Å². The Morgan fingerprint density at radius 1 is 1.16 bits per heavy atom. The number of halogens is 3. The van der Waals surface area contributed by atoms with E-state index in [4.69, 9.17) is 0 Å². The third kappa shape index (κ3) is 3.67. The Labute approximate surface area is 175 Å². The molecule has 0 spiro atoms. The molecule has 0 bridgehead atoms. The summed E-state index contributed by atoms with van der Waals surface area (Å²) in [7, 11) is 0. The molecule has 1 aliphatic heterocycles. The summed E-state index contributed by atoms with van der Waals surface area (Å²) in [6.45, 7) is 0.125. The van der Waals surface area contributed by atoms with Gasteiger partial charge in [0.25, 0.3) is 5.56 Å². The van der Waals surface area contributed by atoms with Crippen molar-refractivity contribution in [3.05, 3.63) is 57.8 Å². The molecule has 2 fully saturated rings. The van der Waals surface area contributed by atoms with Crippen molar-refractivity contribution in [3.63, 3.8) is 0 Å². The van der Waals surface area contributed by atoms with Crippen LogP contribution >= 0.6 is 0 Å². The number of anilines is 1. The summed E-state index contributed by atoms with van der Waals surface area (Å²) in [5.41, 5.74) is -1.79. The van der Waals surface area contributed by atoms with E-state index in [9.17, 15) is 22.8 Å². The number of nitrogens with zero attached hydrogens (tertiary/aromatic N) is 2. The van der Waals surface area contributed by atoms with Crippen molar-refractivity contribution < 1.29 is 18.0 Å². The number of fused-ring (bicyclic) bond motifs is 1. The van der Waals surface area contributed by atoms with Crippen LogP contribution in [0.1, 0.15) is 48.4 Å². The van der Waals surface area contributed by atoms with Crippen molar-refractivity contribution >= 4 is 11.7 Å². The maximum Gasteiger partial charge on any atom is 0.427 e. The van der Waals surface area contributed by atoms with Gasteiger partial charge < -0.3 is 10.6 Å². The molecule has 1 aromatic carbocycles. The van der Waals surface area contributed by atoms with Crippen molar-refractivity contribution in [1.29, 1.82) is 0 Å². The number of carbonyl (C=O) groups is 1. The van der Waals surface area contributed by atoms with Gasteiger partial charge in [-0.3, -0.25) is 9.36 Å². The minimum atomic E-state index is -4.80. The van der Waals surface area contributed by atoms with Crippen LogP contribution in [-0.4, -0.2) is 21.8 Å². The van der Waals surface area contributed by atoms with Crippen LogP contribution in [0.2, 0.25) is 0 Å². The Kier molecular flexibility index (Phi) is 4.36. The van der Waals surface area contributed by atoms with Crippen LogP contribution in [0.15, 0.2) is 35.4 Å². The van der Waals surface area contributed by atoms with Crippen molar-refractivity contribution in [2.75, 3.05) is 5.32 Å². The Morgan fingerprint density at radius 2 is 1.94 bits per heavy atom. The first kappa shape index (κ1) is 19.7. The Balaban J connectivity index is 1.51. The van der Waals surface area contributed by atoms with Crippen molar-refractivity contribution in [3.8, 4) is 11.8 Å². The van der Waals surface area contributed by atoms with E-state index in [1.54, 1.807) is 0 Å². The molecule has 9 heteroatoms. The van der Waals surface area contributed by atoms with Crippen molar-refractivity contribution in [1.82, 2.24) is 14.9 Å². The van der Waals surface area contributed by atoms with E-state index in [-0.39, 0.29) is 29.3 Å². The molecule has 2 heterocycles. The number of benzene rings is 1. The van der Waals surface area contributed by atoms with Crippen LogP contribution in [0.4, 0.5) is 23.7 Å². The number of amides is 2. The lowest BCUT2D eigenvalue weighted by atomic mass is 9.85. The highest BCUT2D eigenvalue weighted by Gasteiger charge is 2.59. The van der Waals surface area contributed by atoms with E-state index in [2.05, 4.69) is 22.1 Å². The molecular weight excluding hydrogens is 409 g/mol. The summed E-state index contributed by atoms with van der Waals surface area (Å²) in [4.78, 5) is 28.8. The zero-order valence-corrected chi connectivity index (χ0v) is 16.4. The van der Waals surface area contributed by atoms with Gasteiger partial charge in [0.15, 0.2) is 0 Å². The molecule has 1 atom stereocenters. The normalized spacial score (nSPS) is 22.6. The second-order valence-corrected chi connectivity index (χ2v) is 8.30. The van der Waals surface area contributed by atoms with E-state index in [0.29, 0.717) is 11.5 Å². The van der Waals surface area contributed by atoms with Crippen LogP contribution in [0.25, 0.3) is 0 Å². The molecule has 0 radical (unpaired) electrons. The Morgan fingerprint density at radius 3 is 2.58 bits per heavy atom. The van der Waals surface area contributed by atoms with E-state index < -0.39 is 17.7 Å². The number of nitrogens with one attached hydrogen (secondary N) is 2. The molecule has 0 unspecified atom stereocenters. The summed E-state index contributed by atoms with van der Waals surface area (Å²) in [5, 5.41) is 4.44. The predicted molar refractivity (Wildman–Crippen MR) is 106 cm³/mol. The molecule has 5 rings (SSSR count). The second kappa shape index (κ2) is 6.87. The number of carbonyl (C=O) groups excluding carboxylic acids is 1. The Bertz CT molecular complexity index is 1190. The third-order valence-corrected chi connectivity index (χ3v) is 5.75. The summed E-state index contributed by atoms with van der Waals surface area (Å²) in [5.74, 6) is 5.25. The van der Waals surface area contributed by atoms with Gasteiger partial charge in [0.2, 0.25) is 5.54 Å². The average Bonchev–Trinajstić information content (AvgIpc) is 3.60. The molecule has 2 aliphatic carbocycles. The summed E-state index contributed by atoms with van der Waals surface area (Å²) in [6, 6.07) is 4.81. The summed E-state index contributed by atoms with van der Waals surface area (Å²) >= 11 is 0. The Hall–Kier alpha value is -3.28. The van der Waals surface area contributed by atoms with Gasteiger partial charge in [0.05, 0.1) is 18.6 Å². The lowest BCUT2D eigenvalue weighted by Crippen LogP contribution is -2.59. The van der Waals surface area contributed by atoms with Gasteiger partial charge in [0.1, 0.15) is 0 Å². The quantitative estimate of drug-likeness (QED) is 0.735.